The molecule has 4 rings (SSSR count). The molecular formula is C28H24FNO7S. The van der Waals surface area contributed by atoms with Gasteiger partial charge in [0, 0.05) is 0 Å². The zero-order valence-electron chi connectivity index (χ0n) is 20.6. The minimum atomic E-state index is -0.671. The average Bonchev–Trinajstić information content (AvgIpc) is 3.18. The highest BCUT2D eigenvalue weighted by atomic mass is 32.2. The second kappa shape index (κ2) is 12.3. The van der Waals surface area contributed by atoms with Gasteiger partial charge in [-0.2, -0.15) is 0 Å². The smallest absolute Gasteiger partial charge is 0.343 e. The maximum atomic E-state index is 13.2. The number of amides is 2. The van der Waals surface area contributed by atoms with Gasteiger partial charge in [-0.05, 0) is 78.9 Å². The Morgan fingerprint density at radius 2 is 1.68 bits per heavy atom. The summed E-state index contributed by atoms with van der Waals surface area (Å²) in [5.74, 6) is -0.0569. The molecule has 3 aromatic rings. The first-order valence-corrected chi connectivity index (χ1v) is 12.5. The molecule has 0 unspecified atom stereocenters. The van der Waals surface area contributed by atoms with Crippen molar-refractivity contribution in [2.45, 2.75) is 6.92 Å². The monoisotopic (exact) mass is 537 g/mol. The number of thioether (sulfide) groups is 1. The lowest BCUT2D eigenvalue weighted by Crippen LogP contribution is -2.32. The molecule has 10 heteroatoms. The van der Waals surface area contributed by atoms with Crippen LogP contribution in [0.3, 0.4) is 0 Å². The molecule has 0 radical (unpaired) electrons. The van der Waals surface area contributed by atoms with Crippen LogP contribution in [0.25, 0.3) is 6.08 Å². The summed E-state index contributed by atoms with van der Waals surface area (Å²) in [4.78, 5) is 39.2. The first-order chi connectivity index (χ1) is 18.4. The summed E-state index contributed by atoms with van der Waals surface area (Å²) in [5.41, 5.74) is 0.757. The number of carbonyl (C=O) groups is 3. The minimum Gasteiger partial charge on any atom is -0.493 e. The van der Waals surface area contributed by atoms with Crippen LogP contribution in [0.2, 0.25) is 0 Å². The van der Waals surface area contributed by atoms with Gasteiger partial charge >= 0.3 is 5.97 Å². The van der Waals surface area contributed by atoms with Crippen LogP contribution in [0.1, 0.15) is 22.8 Å². The summed E-state index contributed by atoms with van der Waals surface area (Å²) < 4.78 is 35.1. The van der Waals surface area contributed by atoms with Crippen LogP contribution >= 0.6 is 11.8 Å². The number of rotatable bonds is 10. The van der Waals surface area contributed by atoms with Crippen LogP contribution in [0.5, 0.6) is 23.0 Å². The number of hydrogen-bond donors (Lipinski definition) is 0. The van der Waals surface area contributed by atoms with Crippen molar-refractivity contribution in [3.05, 3.63) is 88.6 Å². The van der Waals surface area contributed by atoms with E-state index in [2.05, 4.69) is 0 Å². The van der Waals surface area contributed by atoms with Gasteiger partial charge in [-0.1, -0.05) is 18.2 Å². The van der Waals surface area contributed by atoms with E-state index in [1.807, 2.05) is 6.07 Å². The Bertz CT molecular complexity index is 1370. The Kier molecular flexibility index (Phi) is 8.65. The van der Waals surface area contributed by atoms with Gasteiger partial charge in [0.15, 0.2) is 23.0 Å². The van der Waals surface area contributed by atoms with Crippen molar-refractivity contribution in [3.8, 4) is 23.0 Å². The van der Waals surface area contributed by atoms with Crippen molar-refractivity contribution in [1.82, 2.24) is 4.90 Å². The van der Waals surface area contributed by atoms with E-state index >= 15 is 0 Å². The lowest BCUT2D eigenvalue weighted by Gasteiger charge is -2.14. The Morgan fingerprint density at radius 3 is 2.39 bits per heavy atom. The fourth-order valence-corrected chi connectivity index (χ4v) is 4.41. The molecule has 3 aromatic carbocycles. The number of ether oxygens (including phenoxy) is 4. The number of benzene rings is 3. The number of hydrogen-bond acceptors (Lipinski definition) is 8. The molecule has 0 saturated carbocycles. The molecule has 0 bridgehead atoms. The average molecular weight is 538 g/mol. The van der Waals surface area contributed by atoms with Crippen LogP contribution in [-0.4, -0.2) is 48.9 Å². The Labute approximate surface area is 222 Å². The van der Waals surface area contributed by atoms with Crippen molar-refractivity contribution in [1.29, 1.82) is 0 Å². The van der Waals surface area contributed by atoms with Gasteiger partial charge in [0.1, 0.15) is 12.4 Å². The lowest BCUT2D eigenvalue weighted by atomic mass is 10.1. The van der Waals surface area contributed by atoms with E-state index in [9.17, 15) is 18.8 Å². The largest absolute Gasteiger partial charge is 0.493 e. The third-order valence-corrected chi connectivity index (χ3v) is 6.27. The predicted molar refractivity (Wildman–Crippen MR) is 140 cm³/mol. The van der Waals surface area contributed by atoms with E-state index in [1.54, 1.807) is 43.3 Å². The van der Waals surface area contributed by atoms with Gasteiger partial charge in [-0.3, -0.25) is 14.5 Å². The third-order valence-electron chi connectivity index (χ3n) is 5.36. The number of carbonyl (C=O) groups excluding carboxylic acids is 3. The van der Waals surface area contributed by atoms with Crippen LogP contribution in [-0.2, 0) is 4.79 Å². The van der Waals surface area contributed by atoms with Crippen molar-refractivity contribution in [2.24, 2.45) is 0 Å². The topological polar surface area (TPSA) is 91.4 Å². The summed E-state index contributed by atoms with van der Waals surface area (Å²) in [7, 11) is 1.53. The summed E-state index contributed by atoms with van der Waals surface area (Å²) >= 11 is 0.824. The maximum absolute atomic E-state index is 13.2. The van der Waals surface area contributed by atoms with Gasteiger partial charge < -0.3 is 18.9 Å². The van der Waals surface area contributed by atoms with Crippen LogP contribution in [0, 0.1) is 5.82 Å². The number of para-hydroxylation sites is 2. The van der Waals surface area contributed by atoms with Crippen LogP contribution in [0.15, 0.2) is 71.6 Å². The molecule has 1 heterocycles. The molecular weight excluding hydrogens is 513 g/mol. The van der Waals surface area contributed by atoms with Crippen LogP contribution < -0.4 is 18.9 Å². The quantitative estimate of drug-likeness (QED) is 0.188. The Morgan fingerprint density at radius 1 is 0.947 bits per heavy atom. The van der Waals surface area contributed by atoms with E-state index in [0.29, 0.717) is 23.7 Å². The predicted octanol–water partition coefficient (Wildman–Crippen LogP) is 5.57. The lowest BCUT2D eigenvalue weighted by molar-refractivity contribution is -0.123. The molecule has 0 N–H and O–H groups in total. The summed E-state index contributed by atoms with van der Waals surface area (Å²) in [6.07, 6.45) is 1.57. The minimum absolute atomic E-state index is 0.0720. The summed E-state index contributed by atoms with van der Waals surface area (Å²) in [6, 6.07) is 16.9. The number of nitrogens with zero attached hydrogens (tertiary/aromatic N) is 1. The van der Waals surface area contributed by atoms with Gasteiger partial charge in [0.2, 0.25) is 0 Å². The van der Waals surface area contributed by atoms with Crippen molar-refractivity contribution in [2.75, 3.05) is 26.9 Å². The van der Waals surface area contributed by atoms with Gasteiger partial charge in [0.25, 0.3) is 11.1 Å². The van der Waals surface area contributed by atoms with E-state index in [0.717, 1.165) is 16.7 Å². The molecule has 2 amide bonds. The zero-order chi connectivity index (χ0) is 27.1. The number of methoxy groups -OCH3 is 1. The molecule has 1 fully saturated rings. The third kappa shape index (κ3) is 6.33. The van der Waals surface area contributed by atoms with Gasteiger partial charge in [-0.25, -0.2) is 9.18 Å². The fraction of sp³-hybridized carbons (Fsp3) is 0.179. The number of halogens is 1. The second-order valence-electron chi connectivity index (χ2n) is 7.87. The maximum Gasteiger partial charge on any atom is 0.343 e. The number of imide groups is 1. The summed E-state index contributed by atoms with van der Waals surface area (Å²) in [5, 5.41) is -0.403. The molecule has 8 nitrogen and oxygen atoms in total. The normalized spacial score (nSPS) is 14.1. The SMILES string of the molecule is CCOc1cc(/C=C2\SC(=O)N(CCOc3ccccc3OC)C2=O)ccc1OC(=O)c1ccc(F)cc1. The molecule has 0 atom stereocenters. The fourth-order valence-electron chi connectivity index (χ4n) is 3.54. The molecule has 196 valence electrons. The van der Waals surface area contributed by atoms with E-state index in [4.69, 9.17) is 18.9 Å². The molecule has 1 aliphatic heterocycles. The standard InChI is InChI=1S/C28H24FNO7S/c1-3-35-24-16-18(8-13-23(24)37-27(32)19-9-11-20(29)12-10-19)17-25-26(31)30(28(33)38-25)14-15-36-22-7-5-4-6-21(22)34-2/h4-13,16-17H,3,14-15H2,1-2H3/b25-17-. The Balaban J connectivity index is 1.44. The van der Waals surface area contributed by atoms with Gasteiger partial charge in [-0.15, -0.1) is 0 Å². The highest BCUT2D eigenvalue weighted by Crippen LogP contribution is 2.35. The highest BCUT2D eigenvalue weighted by Gasteiger charge is 2.35. The number of esters is 1. The molecule has 1 aliphatic rings. The van der Waals surface area contributed by atoms with Crippen molar-refractivity contribution >= 4 is 35.0 Å². The molecule has 0 spiro atoms. The van der Waals surface area contributed by atoms with E-state index in [1.165, 1.54) is 37.4 Å². The van der Waals surface area contributed by atoms with Crippen molar-refractivity contribution < 1.29 is 37.7 Å². The van der Waals surface area contributed by atoms with Crippen molar-refractivity contribution in [3.63, 3.8) is 0 Å². The zero-order valence-corrected chi connectivity index (χ0v) is 21.5. The molecule has 0 aromatic heterocycles. The van der Waals surface area contributed by atoms with Crippen LogP contribution in [0.4, 0.5) is 9.18 Å². The van der Waals surface area contributed by atoms with E-state index in [-0.39, 0.29) is 35.1 Å². The first-order valence-electron chi connectivity index (χ1n) is 11.7. The van der Waals surface area contributed by atoms with Gasteiger partial charge in [0.05, 0.1) is 30.7 Å². The Hall–Kier alpha value is -4.31. The molecule has 1 saturated heterocycles. The highest BCUT2D eigenvalue weighted by molar-refractivity contribution is 8.18. The van der Waals surface area contributed by atoms with E-state index < -0.39 is 22.9 Å². The second-order valence-corrected chi connectivity index (χ2v) is 8.86. The first kappa shape index (κ1) is 26.7. The molecule has 0 aliphatic carbocycles. The summed E-state index contributed by atoms with van der Waals surface area (Å²) in [6.45, 7) is 2.25. The molecule has 38 heavy (non-hydrogen) atoms.